The zero-order valence-corrected chi connectivity index (χ0v) is 4.94. The Labute approximate surface area is 48.8 Å². The number of carbonyl (C=O) groups is 1. The van der Waals surface area contributed by atoms with Crippen LogP contribution in [0.3, 0.4) is 0 Å². The van der Waals surface area contributed by atoms with Crippen LogP contribution >= 0.6 is 0 Å². The molecule has 0 heterocycles. The van der Waals surface area contributed by atoms with E-state index >= 15 is 0 Å². The van der Waals surface area contributed by atoms with Crippen molar-refractivity contribution in [3.63, 3.8) is 0 Å². The quantitative estimate of drug-likeness (QED) is 0.391. The van der Waals surface area contributed by atoms with Crippen LogP contribution in [0.1, 0.15) is 13.3 Å². The standard InChI is InChI=1S/C5H10NO2/c1-5(7)8-4-2-3-6/h6H,2-4H2,1H3. The first kappa shape index (κ1) is 7.43. The van der Waals surface area contributed by atoms with Gasteiger partial charge in [0.2, 0.25) is 0 Å². The minimum atomic E-state index is -0.265. The molecule has 0 saturated heterocycles. The average Bonchev–Trinajstić information content (AvgIpc) is 1.66. The third-order valence-electron chi connectivity index (χ3n) is 0.626. The van der Waals surface area contributed by atoms with Gasteiger partial charge in [0.15, 0.2) is 0 Å². The zero-order chi connectivity index (χ0) is 6.41. The Morgan fingerprint density at radius 2 is 2.38 bits per heavy atom. The van der Waals surface area contributed by atoms with Gasteiger partial charge in [-0.05, 0) is 6.42 Å². The SMILES string of the molecule is CC(=O)OCCC[NH]. The van der Waals surface area contributed by atoms with Crippen LogP contribution in [-0.2, 0) is 9.53 Å². The van der Waals surface area contributed by atoms with E-state index in [1.54, 1.807) is 0 Å². The van der Waals surface area contributed by atoms with Crippen LogP contribution < -0.4 is 5.73 Å². The maximum atomic E-state index is 10.0. The van der Waals surface area contributed by atoms with Crippen LogP contribution in [-0.4, -0.2) is 19.1 Å². The summed E-state index contributed by atoms with van der Waals surface area (Å²) < 4.78 is 4.52. The van der Waals surface area contributed by atoms with E-state index in [0.717, 1.165) is 0 Å². The Morgan fingerprint density at radius 1 is 1.75 bits per heavy atom. The molecule has 0 bridgehead atoms. The summed E-state index contributed by atoms with van der Waals surface area (Å²) >= 11 is 0. The number of ether oxygens (including phenoxy) is 1. The van der Waals surface area contributed by atoms with Crippen molar-refractivity contribution in [2.45, 2.75) is 13.3 Å². The monoisotopic (exact) mass is 116 g/mol. The predicted molar refractivity (Wildman–Crippen MR) is 29.2 cm³/mol. The molecule has 47 valence electrons. The molecular formula is C5H10NO2. The number of nitrogens with one attached hydrogen (secondary N) is 1. The molecule has 0 atom stereocenters. The summed E-state index contributed by atoms with van der Waals surface area (Å²) in [4.78, 5) is 10.0. The Balaban J connectivity index is 2.82. The molecule has 3 heteroatoms. The topological polar surface area (TPSA) is 50.1 Å². The van der Waals surface area contributed by atoms with Crippen LogP contribution in [0.5, 0.6) is 0 Å². The van der Waals surface area contributed by atoms with Crippen molar-refractivity contribution in [1.29, 1.82) is 0 Å². The summed E-state index contributed by atoms with van der Waals surface area (Å²) in [6.45, 7) is 2.08. The number of hydrogen-bond donors (Lipinski definition) is 0. The van der Waals surface area contributed by atoms with Gasteiger partial charge in [0.25, 0.3) is 0 Å². The van der Waals surface area contributed by atoms with Gasteiger partial charge >= 0.3 is 5.97 Å². The molecule has 0 unspecified atom stereocenters. The highest BCUT2D eigenvalue weighted by molar-refractivity contribution is 5.65. The summed E-state index contributed by atoms with van der Waals surface area (Å²) in [6.07, 6.45) is 0.638. The number of carbonyl (C=O) groups excluding carboxylic acids is 1. The second kappa shape index (κ2) is 4.59. The lowest BCUT2D eigenvalue weighted by Gasteiger charge is -1.96. The highest BCUT2D eigenvalue weighted by atomic mass is 16.5. The number of esters is 1. The molecule has 0 aliphatic heterocycles. The summed E-state index contributed by atoms with van der Waals surface area (Å²) in [5.41, 5.74) is 6.66. The van der Waals surface area contributed by atoms with Crippen LogP contribution in [0.25, 0.3) is 0 Å². The molecule has 0 aliphatic rings. The Kier molecular flexibility index (Phi) is 4.26. The minimum Gasteiger partial charge on any atom is -0.466 e. The van der Waals surface area contributed by atoms with Crippen molar-refractivity contribution < 1.29 is 9.53 Å². The molecule has 1 N–H and O–H groups in total. The second-order valence-corrected chi connectivity index (χ2v) is 1.44. The smallest absolute Gasteiger partial charge is 0.302 e. The molecule has 0 aliphatic carbocycles. The number of hydrogen-bond acceptors (Lipinski definition) is 2. The van der Waals surface area contributed by atoms with Gasteiger partial charge in [0.1, 0.15) is 0 Å². The molecule has 0 aromatic heterocycles. The fourth-order valence-corrected chi connectivity index (χ4v) is 0.288. The normalized spacial score (nSPS) is 8.75. The van der Waals surface area contributed by atoms with E-state index in [1.165, 1.54) is 6.92 Å². The lowest BCUT2D eigenvalue weighted by atomic mass is 10.5. The third kappa shape index (κ3) is 5.43. The molecule has 0 rings (SSSR count). The van der Waals surface area contributed by atoms with Crippen molar-refractivity contribution in [2.24, 2.45) is 0 Å². The van der Waals surface area contributed by atoms with Gasteiger partial charge in [-0.1, -0.05) is 0 Å². The fraction of sp³-hybridized carbons (Fsp3) is 0.800. The Bertz CT molecular complexity index is 72.8. The van der Waals surface area contributed by atoms with Crippen molar-refractivity contribution in [3.8, 4) is 0 Å². The van der Waals surface area contributed by atoms with Gasteiger partial charge in [0, 0.05) is 13.5 Å². The van der Waals surface area contributed by atoms with E-state index in [4.69, 9.17) is 5.73 Å². The largest absolute Gasteiger partial charge is 0.466 e. The lowest BCUT2D eigenvalue weighted by Crippen LogP contribution is -2.02. The first-order valence-corrected chi connectivity index (χ1v) is 2.55. The van der Waals surface area contributed by atoms with E-state index in [9.17, 15) is 4.79 Å². The molecular weight excluding hydrogens is 106 g/mol. The van der Waals surface area contributed by atoms with Gasteiger partial charge in [-0.25, -0.2) is 0 Å². The molecule has 0 aromatic rings. The maximum Gasteiger partial charge on any atom is 0.302 e. The minimum absolute atomic E-state index is 0.265. The molecule has 3 nitrogen and oxygen atoms in total. The van der Waals surface area contributed by atoms with Gasteiger partial charge in [-0.2, -0.15) is 0 Å². The summed E-state index contributed by atoms with van der Waals surface area (Å²) in [7, 11) is 0. The van der Waals surface area contributed by atoms with Crippen LogP contribution in [0.4, 0.5) is 0 Å². The highest BCUT2D eigenvalue weighted by Crippen LogP contribution is 1.79. The fourth-order valence-electron chi connectivity index (χ4n) is 0.288. The van der Waals surface area contributed by atoms with Crippen LogP contribution in [0, 0.1) is 0 Å². The summed E-state index contributed by atoms with van der Waals surface area (Å²) in [5, 5.41) is 0. The molecule has 1 radical (unpaired) electrons. The van der Waals surface area contributed by atoms with Gasteiger partial charge in [-0.15, -0.1) is 0 Å². The van der Waals surface area contributed by atoms with E-state index in [2.05, 4.69) is 4.74 Å². The van der Waals surface area contributed by atoms with Crippen LogP contribution in [0.2, 0.25) is 0 Å². The molecule has 0 aromatic carbocycles. The molecule has 0 spiro atoms. The summed E-state index contributed by atoms with van der Waals surface area (Å²) in [5.74, 6) is -0.265. The van der Waals surface area contributed by atoms with Crippen molar-refractivity contribution in [3.05, 3.63) is 0 Å². The van der Waals surface area contributed by atoms with E-state index in [-0.39, 0.29) is 5.97 Å². The van der Waals surface area contributed by atoms with E-state index in [0.29, 0.717) is 19.6 Å². The van der Waals surface area contributed by atoms with Crippen molar-refractivity contribution >= 4 is 5.97 Å². The van der Waals surface area contributed by atoms with Crippen molar-refractivity contribution in [1.82, 2.24) is 5.73 Å². The van der Waals surface area contributed by atoms with Gasteiger partial charge < -0.3 is 4.74 Å². The van der Waals surface area contributed by atoms with E-state index < -0.39 is 0 Å². The molecule has 0 amide bonds. The van der Waals surface area contributed by atoms with Gasteiger partial charge in [-0.3, -0.25) is 10.5 Å². The first-order valence-electron chi connectivity index (χ1n) is 2.55. The lowest BCUT2D eigenvalue weighted by molar-refractivity contribution is -0.140. The average molecular weight is 116 g/mol. The highest BCUT2D eigenvalue weighted by Gasteiger charge is 1.88. The Hall–Kier alpha value is -0.570. The van der Waals surface area contributed by atoms with Gasteiger partial charge in [0.05, 0.1) is 6.61 Å². The maximum absolute atomic E-state index is 10.0. The van der Waals surface area contributed by atoms with Crippen molar-refractivity contribution in [2.75, 3.05) is 13.2 Å². The predicted octanol–water partition coefficient (Wildman–Crippen LogP) is 0.222. The second-order valence-electron chi connectivity index (χ2n) is 1.44. The van der Waals surface area contributed by atoms with Crippen LogP contribution in [0.15, 0.2) is 0 Å². The van der Waals surface area contributed by atoms with E-state index in [1.807, 2.05) is 0 Å². The zero-order valence-electron chi connectivity index (χ0n) is 4.94. The summed E-state index contributed by atoms with van der Waals surface area (Å²) in [6, 6.07) is 0. The molecule has 8 heavy (non-hydrogen) atoms. The first-order chi connectivity index (χ1) is 3.77. The molecule has 0 fully saturated rings. The number of rotatable bonds is 3. The third-order valence-corrected chi connectivity index (χ3v) is 0.626. The molecule has 0 saturated carbocycles. The Morgan fingerprint density at radius 3 is 2.75 bits per heavy atom.